The quantitative estimate of drug-likeness (QED) is 0.388. The second kappa shape index (κ2) is 10.4. The molecule has 0 spiro atoms. The number of amides is 2. The van der Waals surface area contributed by atoms with Crippen LogP contribution >= 0.6 is 0 Å². The van der Waals surface area contributed by atoms with Crippen LogP contribution in [0.3, 0.4) is 0 Å². The Kier molecular flexibility index (Phi) is 7.05. The van der Waals surface area contributed by atoms with Crippen LogP contribution in [0.15, 0.2) is 72.8 Å². The lowest BCUT2D eigenvalue weighted by molar-refractivity contribution is -0.150. The number of anilines is 1. The van der Waals surface area contributed by atoms with Crippen LogP contribution in [0.1, 0.15) is 56.0 Å². The van der Waals surface area contributed by atoms with Crippen molar-refractivity contribution in [2.75, 3.05) is 11.9 Å². The van der Waals surface area contributed by atoms with E-state index in [-0.39, 0.29) is 39.9 Å². The van der Waals surface area contributed by atoms with Gasteiger partial charge in [0, 0.05) is 22.3 Å². The Bertz CT molecular complexity index is 1360. The Labute approximate surface area is 207 Å². The third-order valence-corrected chi connectivity index (χ3v) is 5.82. The molecular weight excluding hydrogens is 460 g/mol. The predicted molar refractivity (Wildman–Crippen MR) is 132 cm³/mol. The van der Waals surface area contributed by atoms with E-state index in [2.05, 4.69) is 10.6 Å². The molecule has 3 aromatic carbocycles. The molecule has 1 atom stereocenters. The number of ketones is 2. The molecule has 2 amide bonds. The minimum absolute atomic E-state index is 0.0936. The lowest BCUT2D eigenvalue weighted by Crippen LogP contribution is -2.45. The van der Waals surface area contributed by atoms with Gasteiger partial charge in [0.25, 0.3) is 11.8 Å². The van der Waals surface area contributed by atoms with Crippen LogP contribution in [-0.2, 0) is 14.3 Å². The topological polar surface area (TPSA) is 119 Å². The summed E-state index contributed by atoms with van der Waals surface area (Å²) in [6.45, 7) is 2.85. The average molecular weight is 485 g/mol. The zero-order chi connectivity index (χ0) is 25.8. The Morgan fingerprint density at radius 3 is 2.06 bits per heavy atom. The fraction of sp³-hybridized carbons (Fsp3) is 0.179. The highest BCUT2D eigenvalue weighted by molar-refractivity contribution is 6.30. The number of fused-ring (bicyclic) bond motifs is 2. The molecule has 0 heterocycles. The summed E-state index contributed by atoms with van der Waals surface area (Å²) in [5.41, 5.74) is 1.40. The first-order chi connectivity index (χ1) is 17.3. The second-order valence-electron chi connectivity index (χ2n) is 8.65. The van der Waals surface area contributed by atoms with E-state index in [1.807, 2.05) is 0 Å². The van der Waals surface area contributed by atoms with E-state index in [9.17, 15) is 24.0 Å². The summed E-state index contributed by atoms with van der Waals surface area (Å²) in [7, 11) is 0. The zero-order valence-corrected chi connectivity index (χ0v) is 19.7. The summed E-state index contributed by atoms with van der Waals surface area (Å²) < 4.78 is 5.17. The van der Waals surface area contributed by atoms with Crippen molar-refractivity contribution in [1.29, 1.82) is 0 Å². The first-order valence-electron chi connectivity index (χ1n) is 11.4. The zero-order valence-electron chi connectivity index (χ0n) is 19.7. The van der Waals surface area contributed by atoms with Crippen molar-refractivity contribution < 1.29 is 28.7 Å². The molecular formula is C28H24N2O6. The van der Waals surface area contributed by atoms with Crippen molar-refractivity contribution in [2.45, 2.75) is 19.9 Å². The highest BCUT2D eigenvalue weighted by Gasteiger charge is 2.32. The number of nitrogens with one attached hydrogen (secondary N) is 2. The number of rotatable bonds is 7. The standard InChI is InChI=1S/C28H24N2O6/c1-16(2)24(30-27(34)17-9-4-3-5-10-17)28(35)36-15-22(31)29-21-14-8-13-20-23(21)26(33)19-12-7-6-11-18(19)25(20)32/h3-14,16,24H,15H2,1-2H3,(H,29,31)(H,30,34)/t24-/m0/s1. The number of ether oxygens (including phenoxy) is 1. The SMILES string of the molecule is CC(C)[C@H](NC(=O)c1ccccc1)C(=O)OCC(=O)Nc1cccc2c1C(=O)c1ccccc1C2=O. The van der Waals surface area contributed by atoms with E-state index < -0.39 is 30.4 Å². The fourth-order valence-corrected chi connectivity index (χ4v) is 3.97. The van der Waals surface area contributed by atoms with Crippen LogP contribution in [0.5, 0.6) is 0 Å². The van der Waals surface area contributed by atoms with Gasteiger partial charge in [0.1, 0.15) is 6.04 Å². The van der Waals surface area contributed by atoms with Crippen LogP contribution in [0, 0.1) is 5.92 Å². The Morgan fingerprint density at radius 1 is 0.778 bits per heavy atom. The lowest BCUT2D eigenvalue weighted by Gasteiger charge is -2.21. The summed E-state index contributed by atoms with van der Waals surface area (Å²) in [4.78, 5) is 63.7. The lowest BCUT2D eigenvalue weighted by atomic mass is 9.83. The van der Waals surface area contributed by atoms with Gasteiger partial charge in [-0.1, -0.05) is 68.4 Å². The van der Waals surface area contributed by atoms with E-state index in [1.54, 1.807) is 74.5 Å². The molecule has 3 aromatic rings. The first-order valence-corrected chi connectivity index (χ1v) is 11.4. The largest absolute Gasteiger partial charge is 0.454 e. The normalized spacial score (nSPS) is 12.9. The summed E-state index contributed by atoms with van der Waals surface area (Å²) >= 11 is 0. The molecule has 0 bridgehead atoms. The van der Waals surface area contributed by atoms with Gasteiger partial charge in [0.15, 0.2) is 18.2 Å². The molecule has 0 unspecified atom stereocenters. The maximum atomic E-state index is 13.1. The number of carbonyl (C=O) groups is 5. The minimum Gasteiger partial charge on any atom is -0.454 e. The van der Waals surface area contributed by atoms with E-state index in [0.717, 1.165) is 0 Å². The van der Waals surface area contributed by atoms with Crippen molar-refractivity contribution in [3.05, 3.63) is 101 Å². The van der Waals surface area contributed by atoms with Crippen molar-refractivity contribution >= 4 is 35.0 Å². The molecule has 4 rings (SSSR count). The molecule has 0 saturated carbocycles. The third-order valence-electron chi connectivity index (χ3n) is 5.82. The number of hydrogen-bond donors (Lipinski definition) is 2. The number of hydrogen-bond acceptors (Lipinski definition) is 6. The van der Waals surface area contributed by atoms with Gasteiger partial charge in [-0.2, -0.15) is 0 Å². The molecule has 2 N–H and O–H groups in total. The summed E-state index contributed by atoms with van der Waals surface area (Å²) in [6.07, 6.45) is 0. The molecule has 8 heteroatoms. The molecule has 182 valence electrons. The maximum absolute atomic E-state index is 13.1. The second-order valence-corrected chi connectivity index (χ2v) is 8.65. The van der Waals surface area contributed by atoms with Gasteiger partial charge in [-0.25, -0.2) is 4.79 Å². The molecule has 1 aliphatic rings. The molecule has 0 fully saturated rings. The van der Waals surface area contributed by atoms with Gasteiger partial charge in [0.05, 0.1) is 11.3 Å². The molecule has 0 aliphatic heterocycles. The number of esters is 1. The Morgan fingerprint density at radius 2 is 1.39 bits per heavy atom. The maximum Gasteiger partial charge on any atom is 0.329 e. The van der Waals surface area contributed by atoms with Crippen LogP contribution in [0.25, 0.3) is 0 Å². The summed E-state index contributed by atoms with van der Waals surface area (Å²) in [5.74, 6) is -2.87. The van der Waals surface area contributed by atoms with Gasteiger partial charge in [-0.05, 0) is 24.1 Å². The molecule has 0 radical (unpaired) electrons. The average Bonchev–Trinajstić information content (AvgIpc) is 2.89. The first kappa shape index (κ1) is 24.5. The Balaban J connectivity index is 1.43. The van der Waals surface area contributed by atoms with Crippen molar-refractivity contribution in [3.63, 3.8) is 0 Å². The van der Waals surface area contributed by atoms with E-state index in [0.29, 0.717) is 11.1 Å². The van der Waals surface area contributed by atoms with E-state index in [4.69, 9.17) is 4.74 Å². The van der Waals surface area contributed by atoms with Crippen LogP contribution < -0.4 is 10.6 Å². The summed E-state index contributed by atoms with van der Waals surface area (Å²) in [5, 5.41) is 5.21. The van der Waals surface area contributed by atoms with Crippen molar-refractivity contribution in [3.8, 4) is 0 Å². The Hall–Kier alpha value is -4.59. The minimum atomic E-state index is -0.967. The van der Waals surface area contributed by atoms with Crippen LogP contribution in [-0.4, -0.2) is 42.0 Å². The monoisotopic (exact) mass is 484 g/mol. The molecule has 8 nitrogen and oxygen atoms in total. The smallest absolute Gasteiger partial charge is 0.329 e. The van der Waals surface area contributed by atoms with Gasteiger partial charge >= 0.3 is 5.97 Å². The molecule has 0 aromatic heterocycles. The predicted octanol–water partition coefficient (Wildman–Crippen LogP) is 3.40. The van der Waals surface area contributed by atoms with Gasteiger partial charge in [-0.15, -0.1) is 0 Å². The van der Waals surface area contributed by atoms with E-state index >= 15 is 0 Å². The van der Waals surface area contributed by atoms with Gasteiger partial charge in [0.2, 0.25) is 0 Å². The van der Waals surface area contributed by atoms with Crippen molar-refractivity contribution in [1.82, 2.24) is 5.32 Å². The molecule has 36 heavy (non-hydrogen) atoms. The highest BCUT2D eigenvalue weighted by atomic mass is 16.5. The van der Waals surface area contributed by atoms with Crippen LogP contribution in [0.4, 0.5) is 5.69 Å². The van der Waals surface area contributed by atoms with Gasteiger partial charge in [-0.3, -0.25) is 19.2 Å². The molecule has 0 saturated heterocycles. The summed E-state index contributed by atoms with van der Waals surface area (Å²) in [6, 6.07) is 18.6. The highest BCUT2D eigenvalue weighted by Crippen LogP contribution is 2.31. The van der Waals surface area contributed by atoms with Gasteiger partial charge < -0.3 is 15.4 Å². The number of carbonyl (C=O) groups excluding carboxylic acids is 5. The van der Waals surface area contributed by atoms with Crippen LogP contribution in [0.2, 0.25) is 0 Å². The van der Waals surface area contributed by atoms with Crippen molar-refractivity contribution in [2.24, 2.45) is 5.92 Å². The third kappa shape index (κ3) is 4.93. The number of benzene rings is 3. The molecule has 1 aliphatic carbocycles. The fourth-order valence-electron chi connectivity index (χ4n) is 3.97. The van der Waals surface area contributed by atoms with E-state index in [1.165, 1.54) is 12.1 Å².